The summed E-state index contributed by atoms with van der Waals surface area (Å²) in [5.41, 5.74) is 0.902. The van der Waals surface area contributed by atoms with Crippen LogP contribution < -0.4 is 4.74 Å². The Labute approximate surface area is 126 Å². The predicted octanol–water partition coefficient (Wildman–Crippen LogP) is 3.56. The first kappa shape index (κ1) is 14.6. The molecule has 102 valence electrons. The standard InChI is InChI=1S/C15H11ClO3S/c16-12-7-3-4-8-13(12)19-9-10-5-1-2-6-11(10)14(17)15(18)20/h1-8H,9H2,(H,18,20). The first-order valence-electron chi connectivity index (χ1n) is 5.82. The average molecular weight is 307 g/mol. The Balaban J connectivity index is 2.20. The zero-order valence-electron chi connectivity index (χ0n) is 10.4. The molecule has 5 heteroatoms. The van der Waals surface area contributed by atoms with Crippen molar-refractivity contribution in [3.8, 4) is 5.75 Å². The fourth-order valence-corrected chi connectivity index (χ4v) is 2.01. The second kappa shape index (κ2) is 6.59. The molecule has 2 rings (SSSR count). The monoisotopic (exact) mass is 306 g/mol. The molecule has 2 aromatic carbocycles. The summed E-state index contributed by atoms with van der Waals surface area (Å²) in [6.45, 7) is 0.146. The first-order valence-corrected chi connectivity index (χ1v) is 6.65. The molecular formula is C15H11ClO3S. The maximum atomic E-state index is 11.7. The molecule has 0 bridgehead atoms. The summed E-state index contributed by atoms with van der Waals surface area (Å²) in [4.78, 5) is 22.8. The summed E-state index contributed by atoms with van der Waals surface area (Å²) in [6.07, 6.45) is 0. The third-order valence-corrected chi connectivity index (χ3v) is 3.19. The number of hydrogen-bond acceptors (Lipinski definition) is 3. The van der Waals surface area contributed by atoms with E-state index < -0.39 is 10.9 Å². The second-order valence-corrected chi connectivity index (χ2v) is 4.82. The van der Waals surface area contributed by atoms with Gasteiger partial charge in [-0.15, -0.1) is 0 Å². The Kier molecular flexibility index (Phi) is 4.82. The van der Waals surface area contributed by atoms with Gasteiger partial charge in [0.15, 0.2) is 0 Å². The van der Waals surface area contributed by atoms with Crippen molar-refractivity contribution in [1.29, 1.82) is 0 Å². The van der Waals surface area contributed by atoms with E-state index in [2.05, 4.69) is 12.6 Å². The molecule has 0 aliphatic carbocycles. The number of para-hydroxylation sites is 1. The largest absolute Gasteiger partial charge is 0.487 e. The number of ketones is 1. The molecule has 0 radical (unpaired) electrons. The van der Waals surface area contributed by atoms with E-state index in [1.54, 1.807) is 48.5 Å². The van der Waals surface area contributed by atoms with Gasteiger partial charge in [-0.05, 0) is 12.1 Å². The first-order chi connectivity index (χ1) is 9.59. The van der Waals surface area contributed by atoms with Gasteiger partial charge in [-0.2, -0.15) is 0 Å². The number of halogens is 1. The Bertz CT molecular complexity index is 655. The van der Waals surface area contributed by atoms with Crippen LogP contribution in [0.25, 0.3) is 0 Å². The molecule has 0 aliphatic rings. The molecule has 0 N–H and O–H groups in total. The molecule has 0 spiro atoms. The lowest BCUT2D eigenvalue weighted by molar-refractivity contribution is -0.107. The highest BCUT2D eigenvalue weighted by molar-refractivity contribution is 7.99. The lowest BCUT2D eigenvalue weighted by Gasteiger charge is -2.10. The molecule has 0 aliphatic heterocycles. The van der Waals surface area contributed by atoms with Gasteiger partial charge < -0.3 is 4.74 Å². The zero-order valence-corrected chi connectivity index (χ0v) is 12.0. The van der Waals surface area contributed by atoms with Crippen LogP contribution in [0.1, 0.15) is 15.9 Å². The zero-order chi connectivity index (χ0) is 14.5. The third kappa shape index (κ3) is 3.40. The predicted molar refractivity (Wildman–Crippen MR) is 80.5 cm³/mol. The van der Waals surface area contributed by atoms with E-state index in [4.69, 9.17) is 16.3 Å². The van der Waals surface area contributed by atoms with E-state index in [-0.39, 0.29) is 6.61 Å². The number of carbonyl (C=O) groups is 2. The van der Waals surface area contributed by atoms with Crippen LogP contribution in [-0.2, 0) is 11.4 Å². The van der Waals surface area contributed by atoms with Gasteiger partial charge in [0.2, 0.25) is 5.78 Å². The van der Waals surface area contributed by atoms with E-state index >= 15 is 0 Å². The number of rotatable bonds is 5. The molecule has 0 fully saturated rings. The summed E-state index contributed by atoms with van der Waals surface area (Å²) in [7, 11) is 0. The van der Waals surface area contributed by atoms with E-state index in [0.717, 1.165) is 0 Å². The maximum Gasteiger partial charge on any atom is 0.256 e. The number of Topliss-reactive ketones (excluding diaryl/α,β-unsaturated/α-hetero) is 1. The van der Waals surface area contributed by atoms with Gasteiger partial charge in [-0.25, -0.2) is 0 Å². The van der Waals surface area contributed by atoms with Crippen LogP contribution >= 0.6 is 24.2 Å². The normalized spacial score (nSPS) is 10.1. The van der Waals surface area contributed by atoms with E-state index in [1.807, 2.05) is 0 Å². The Morgan fingerprint density at radius 3 is 2.40 bits per heavy atom. The van der Waals surface area contributed by atoms with Crippen LogP contribution in [0.4, 0.5) is 0 Å². The average Bonchev–Trinajstić information content (AvgIpc) is 2.46. The summed E-state index contributed by atoms with van der Waals surface area (Å²) in [5, 5.41) is -0.309. The summed E-state index contributed by atoms with van der Waals surface area (Å²) >= 11 is 9.54. The summed E-state index contributed by atoms with van der Waals surface area (Å²) in [5.74, 6) is -0.125. The van der Waals surface area contributed by atoms with Crippen molar-refractivity contribution in [3.05, 3.63) is 64.7 Å². The van der Waals surface area contributed by atoms with Crippen LogP contribution in [0.3, 0.4) is 0 Å². The van der Waals surface area contributed by atoms with Gasteiger partial charge in [0, 0.05) is 11.1 Å². The molecule has 2 aromatic rings. The topological polar surface area (TPSA) is 43.4 Å². The lowest BCUT2D eigenvalue weighted by Crippen LogP contribution is -2.12. The van der Waals surface area contributed by atoms with Crippen LogP contribution in [0.15, 0.2) is 48.5 Å². The molecule has 20 heavy (non-hydrogen) atoms. The van der Waals surface area contributed by atoms with E-state index in [1.165, 1.54) is 0 Å². The van der Waals surface area contributed by atoms with Gasteiger partial charge in [0.1, 0.15) is 12.4 Å². The number of benzene rings is 2. The maximum absolute atomic E-state index is 11.7. The van der Waals surface area contributed by atoms with Crippen LogP contribution in [-0.4, -0.2) is 10.9 Å². The molecule has 0 amide bonds. The molecule has 0 atom stereocenters. The molecule has 0 saturated carbocycles. The van der Waals surface area contributed by atoms with E-state index in [0.29, 0.717) is 21.9 Å². The lowest BCUT2D eigenvalue weighted by atomic mass is 10.0. The number of thiol groups is 1. The van der Waals surface area contributed by atoms with E-state index in [9.17, 15) is 9.59 Å². The van der Waals surface area contributed by atoms with Gasteiger partial charge in [0.25, 0.3) is 5.12 Å². The Hall–Kier alpha value is -1.78. The molecule has 0 aromatic heterocycles. The van der Waals surface area contributed by atoms with Gasteiger partial charge in [-0.3, -0.25) is 9.59 Å². The van der Waals surface area contributed by atoms with Crippen LogP contribution in [0, 0.1) is 0 Å². The summed E-state index contributed by atoms with van der Waals surface area (Å²) < 4.78 is 5.57. The molecule has 0 heterocycles. The minimum absolute atomic E-state index is 0.146. The minimum Gasteiger partial charge on any atom is -0.487 e. The molecule has 0 saturated heterocycles. The van der Waals surface area contributed by atoms with Crippen molar-refractivity contribution in [2.24, 2.45) is 0 Å². The molecule has 3 nitrogen and oxygen atoms in total. The van der Waals surface area contributed by atoms with Crippen molar-refractivity contribution < 1.29 is 14.3 Å². The number of carbonyl (C=O) groups excluding carboxylic acids is 2. The van der Waals surface area contributed by atoms with Crippen molar-refractivity contribution >= 4 is 35.1 Å². The number of hydrogen-bond donors (Lipinski definition) is 1. The van der Waals surface area contributed by atoms with Gasteiger partial charge >= 0.3 is 0 Å². The second-order valence-electron chi connectivity index (χ2n) is 4.01. The van der Waals surface area contributed by atoms with Crippen LogP contribution in [0.5, 0.6) is 5.75 Å². The Morgan fingerprint density at radius 1 is 1.05 bits per heavy atom. The Morgan fingerprint density at radius 2 is 1.70 bits per heavy atom. The van der Waals surface area contributed by atoms with Gasteiger partial charge in [-0.1, -0.05) is 60.6 Å². The minimum atomic E-state index is -0.796. The highest BCUT2D eigenvalue weighted by Gasteiger charge is 2.16. The SMILES string of the molecule is O=C(S)C(=O)c1ccccc1COc1ccccc1Cl. The fraction of sp³-hybridized carbons (Fsp3) is 0.0667. The van der Waals surface area contributed by atoms with Crippen molar-refractivity contribution in [3.63, 3.8) is 0 Å². The van der Waals surface area contributed by atoms with Gasteiger partial charge in [0.05, 0.1) is 5.02 Å². The van der Waals surface area contributed by atoms with Crippen LogP contribution in [0.2, 0.25) is 5.02 Å². The highest BCUT2D eigenvalue weighted by Crippen LogP contribution is 2.24. The van der Waals surface area contributed by atoms with Crippen molar-refractivity contribution in [1.82, 2.24) is 0 Å². The highest BCUT2D eigenvalue weighted by atomic mass is 35.5. The van der Waals surface area contributed by atoms with Crippen molar-refractivity contribution in [2.45, 2.75) is 6.61 Å². The quantitative estimate of drug-likeness (QED) is 0.522. The fourth-order valence-electron chi connectivity index (χ4n) is 1.70. The third-order valence-electron chi connectivity index (χ3n) is 2.68. The smallest absolute Gasteiger partial charge is 0.256 e. The molecule has 0 unspecified atom stereocenters. The van der Waals surface area contributed by atoms with Crippen molar-refractivity contribution in [2.75, 3.05) is 0 Å². The summed E-state index contributed by atoms with van der Waals surface area (Å²) in [6, 6.07) is 13.8. The number of ether oxygens (including phenoxy) is 1. The molecular weight excluding hydrogens is 296 g/mol.